The molecule has 1 aliphatic carbocycles. The fourth-order valence-electron chi connectivity index (χ4n) is 2.95. The van der Waals surface area contributed by atoms with Crippen molar-refractivity contribution in [1.82, 2.24) is 5.32 Å². The van der Waals surface area contributed by atoms with E-state index < -0.39 is 0 Å². The highest BCUT2D eigenvalue weighted by molar-refractivity contribution is 5.77. The summed E-state index contributed by atoms with van der Waals surface area (Å²) < 4.78 is 5.22. The molecule has 1 unspecified atom stereocenters. The molecule has 1 atom stereocenters. The van der Waals surface area contributed by atoms with Crippen molar-refractivity contribution in [3.63, 3.8) is 0 Å². The van der Waals surface area contributed by atoms with Crippen LogP contribution >= 0.6 is 0 Å². The topological polar surface area (TPSA) is 38.3 Å². The zero-order chi connectivity index (χ0) is 15.0. The molecule has 1 N–H and O–H groups in total. The largest absolute Gasteiger partial charge is 0.465 e. The lowest BCUT2D eigenvalue weighted by atomic mass is 10.0. The zero-order valence-electron chi connectivity index (χ0n) is 13.1. The highest BCUT2D eigenvalue weighted by Crippen LogP contribution is 2.63. The third-order valence-electron chi connectivity index (χ3n) is 5.01. The summed E-state index contributed by atoms with van der Waals surface area (Å²) >= 11 is 0. The molecule has 3 heteroatoms. The molecule has 2 rings (SSSR count). The maximum absolute atomic E-state index is 12.2. The van der Waals surface area contributed by atoms with Gasteiger partial charge in [-0.05, 0) is 23.3 Å². The second-order valence-corrected chi connectivity index (χ2v) is 6.64. The number of carbonyl (C=O) groups excluding carboxylic acids is 1. The van der Waals surface area contributed by atoms with Gasteiger partial charge in [0.15, 0.2) is 0 Å². The van der Waals surface area contributed by atoms with E-state index in [4.69, 9.17) is 4.74 Å². The van der Waals surface area contributed by atoms with E-state index in [1.54, 1.807) is 0 Å². The van der Waals surface area contributed by atoms with Crippen molar-refractivity contribution in [2.45, 2.75) is 46.7 Å². The first kappa shape index (κ1) is 15.0. The monoisotopic (exact) mass is 275 g/mol. The summed E-state index contributed by atoms with van der Waals surface area (Å²) in [6.07, 6.45) is 0. The van der Waals surface area contributed by atoms with Crippen molar-refractivity contribution in [1.29, 1.82) is 0 Å². The third kappa shape index (κ3) is 2.47. The van der Waals surface area contributed by atoms with E-state index in [0.29, 0.717) is 12.6 Å². The lowest BCUT2D eigenvalue weighted by molar-refractivity contribution is -0.146. The first-order valence-electron chi connectivity index (χ1n) is 7.30. The molecule has 0 amide bonds. The maximum atomic E-state index is 12.2. The molecule has 1 aromatic rings. The van der Waals surface area contributed by atoms with Gasteiger partial charge in [0.1, 0.15) is 6.04 Å². The quantitative estimate of drug-likeness (QED) is 0.838. The minimum atomic E-state index is -0.387. The Labute approximate surface area is 121 Å². The number of rotatable bonds is 5. The van der Waals surface area contributed by atoms with Gasteiger partial charge in [-0.1, -0.05) is 58.0 Å². The Hall–Kier alpha value is -1.35. The van der Waals surface area contributed by atoms with Crippen molar-refractivity contribution in [3.8, 4) is 0 Å². The molecule has 1 aliphatic rings. The van der Waals surface area contributed by atoms with Crippen molar-refractivity contribution in [2.75, 3.05) is 6.61 Å². The summed E-state index contributed by atoms with van der Waals surface area (Å²) in [7, 11) is 0. The van der Waals surface area contributed by atoms with E-state index >= 15 is 0 Å². The Kier molecular flexibility index (Phi) is 3.92. The van der Waals surface area contributed by atoms with Gasteiger partial charge in [-0.3, -0.25) is 5.32 Å². The fraction of sp³-hybridized carbons (Fsp3) is 0.588. The minimum absolute atomic E-state index is 0.187. The SMILES string of the molecule is CCOC(=O)C(NC1C(C)(C)C1(C)C)c1ccccc1. The first-order valence-corrected chi connectivity index (χ1v) is 7.30. The summed E-state index contributed by atoms with van der Waals surface area (Å²) in [4.78, 5) is 12.2. The van der Waals surface area contributed by atoms with E-state index in [1.165, 1.54) is 0 Å². The molecule has 1 saturated carbocycles. The van der Waals surface area contributed by atoms with Crippen LogP contribution in [0.3, 0.4) is 0 Å². The van der Waals surface area contributed by atoms with Crippen LogP contribution in [0.25, 0.3) is 0 Å². The maximum Gasteiger partial charge on any atom is 0.327 e. The van der Waals surface area contributed by atoms with Crippen LogP contribution in [0, 0.1) is 10.8 Å². The van der Waals surface area contributed by atoms with Crippen molar-refractivity contribution in [2.24, 2.45) is 10.8 Å². The summed E-state index contributed by atoms with van der Waals surface area (Å²) in [6, 6.07) is 9.72. The van der Waals surface area contributed by atoms with E-state index in [9.17, 15) is 4.79 Å². The number of carbonyl (C=O) groups is 1. The van der Waals surface area contributed by atoms with Crippen LogP contribution < -0.4 is 5.32 Å². The van der Waals surface area contributed by atoms with Gasteiger partial charge in [-0.15, -0.1) is 0 Å². The van der Waals surface area contributed by atoms with Crippen LogP contribution in [0.2, 0.25) is 0 Å². The molecule has 1 aromatic carbocycles. The van der Waals surface area contributed by atoms with Crippen molar-refractivity contribution < 1.29 is 9.53 Å². The van der Waals surface area contributed by atoms with Gasteiger partial charge < -0.3 is 4.74 Å². The summed E-state index contributed by atoms with van der Waals surface area (Å²) in [5.41, 5.74) is 1.34. The molecule has 110 valence electrons. The molecule has 0 saturated heterocycles. The summed E-state index contributed by atoms with van der Waals surface area (Å²) in [5, 5.41) is 3.50. The standard InChI is InChI=1S/C17H25NO2/c1-6-20-14(19)13(12-10-8-7-9-11-12)18-15-16(2,3)17(15,4)5/h7-11,13,15,18H,6H2,1-5H3. The van der Waals surface area contributed by atoms with Crippen LogP contribution in [0.1, 0.15) is 46.2 Å². The number of ether oxygens (including phenoxy) is 1. The fourth-order valence-corrected chi connectivity index (χ4v) is 2.95. The van der Waals surface area contributed by atoms with Crippen molar-refractivity contribution >= 4 is 5.97 Å². The van der Waals surface area contributed by atoms with Crippen LogP contribution in [0.15, 0.2) is 30.3 Å². The van der Waals surface area contributed by atoms with Gasteiger partial charge in [-0.25, -0.2) is 4.79 Å². The Morgan fingerprint density at radius 2 is 1.75 bits per heavy atom. The Balaban J connectivity index is 2.19. The van der Waals surface area contributed by atoms with Crippen LogP contribution in [-0.4, -0.2) is 18.6 Å². The summed E-state index contributed by atoms with van der Waals surface area (Å²) in [5.74, 6) is -0.197. The van der Waals surface area contributed by atoms with E-state index in [2.05, 4.69) is 33.0 Å². The lowest BCUT2D eigenvalue weighted by Crippen LogP contribution is -2.34. The Bertz CT molecular complexity index is 465. The smallest absolute Gasteiger partial charge is 0.327 e. The van der Waals surface area contributed by atoms with Gasteiger partial charge in [0, 0.05) is 6.04 Å². The molecule has 3 nitrogen and oxygen atoms in total. The lowest BCUT2D eigenvalue weighted by Gasteiger charge is -2.19. The van der Waals surface area contributed by atoms with Crippen LogP contribution in [-0.2, 0) is 9.53 Å². The zero-order valence-corrected chi connectivity index (χ0v) is 13.1. The molecule has 0 aromatic heterocycles. The number of hydrogen-bond acceptors (Lipinski definition) is 3. The normalized spacial score (nSPS) is 21.2. The van der Waals surface area contributed by atoms with Crippen molar-refractivity contribution in [3.05, 3.63) is 35.9 Å². The Morgan fingerprint density at radius 3 is 2.20 bits per heavy atom. The molecular formula is C17H25NO2. The number of esters is 1. The van der Waals surface area contributed by atoms with Gasteiger partial charge in [0.05, 0.1) is 6.61 Å². The number of nitrogens with one attached hydrogen (secondary N) is 1. The molecule has 0 radical (unpaired) electrons. The second-order valence-electron chi connectivity index (χ2n) is 6.64. The van der Waals surface area contributed by atoms with Gasteiger partial charge in [0.2, 0.25) is 0 Å². The van der Waals surface area contributed by atoms with E-state index in [1.807, 2.05) is 37.3 Å². The van der Waals surface area contributed by atoms with Gasteiger partial charge in [0.25, 0.3) is 0 Å². The summed E-state index contributed by atoms with van der Waals surface area (Å²) in [6.45, 7) is 11.2. The van der Waals surface area contributed by atoms with E-state index in [-0.39, 0.29) is 22.8 Å². The molecule has 0 spiro atoms. The highest BCUT2D eigenvalue weighted by Gasteiger charge is 2.65. The van der Waals surface area contributed by atoms with Crippen LogP contribution in [0.4, 0.5) is 0 Å². The number of hydrogen-bond donors (Lipinski definition) is 1. The highest BCUT2D eigenvalue weighted by atomic mass is 16.5. The predicted octanol–water partition coefficient (Wildman–Crippen LogP) is 3.32. The van der Waals surface area contributed by atoms with Crippen LogP contribution in [0.5, 0.6) is 0 Å². The van der Waals surface area contributed by atoms with E-state index in [0.717, 1.165) is 5.56 Å². The molecule has 1 fully saturated rings. The average Bonchev–Trinajstić information content (AvgIpc) is 2.78. The average molecular weight is 275 g/mol. The second kappa shape index (κ2) is 5.21. The molecule has 0 aliphatic heterocycles. The Morgan fingerprint density at radius 1 is 1.20 bits per heavy atom. The van der Waals surface area contributed by atoms with Gasteiger partial charge >= 0.3 is 5.97 Å². The molecule has 20 heavy (non-hydrogen) atoms. The molecular weight excluding hydrogens is 250 g/mol. The minimum Gasteiger partial charge on any atom is -0.465 e. The predicted molar refractivity (Wildman–Crippen MR) is 80.3 cm³/mol. The number of benzene rings is 1. The molecule has 0 bridgehead atoms. The first-order chi connectivity index (χ1) is 9.32. The third-order valence-corrected chi connectivity index (χ3v) is 5.01. The van der Waals surface area contributed by atoms with Gasteiger partial charge in [-0.2, -0.15) is 0 Å². The molecule has 0 heterocycles.